The second-order valence-corrected chi connectivity index (χ2v) is 10.8. The van der Waals surface area contributed by atoms with E-state index in [1.165, 1.54) is 0 Å². The number of nitrogens with zero attached hydrogens (tertiary/aromatic N) is 3. The minimum atomic E-state index is -3.39. The molecule has 2 fully saturated rings. The lowest BCUT2D eigenvalue weighted by atomic mass is 10.0. The number of benzene rings is 1. The number of sulfonamides is 1. The summed E-state index contributed by atoms with van der Waals surface area (Å²) in [5, 5.41) is 4.13. The number of anilines is 2. The van der Waals surface area contributed by atoms with Gasteiger partial charge in [0.2, 0.25) is 21.9 Å². The Morgan fingerprint density at radius 2 is 1.94 bits per heavy atom. The Balaban J connectivity index is 1.57. The fraction of sp³-hybridized carbons (Fsp3) is 0.435. The van der Waals surface area contributed by atoms with Crippen molar-refractivity contribution in [2.45, 2.75) is 44.2 Å². The summed E-state index contributed by atoms with van der Waals surface area (Å²) in [7, 11) is -3.39. The summed E-state index contributed by atoms with van der Waals surface area (Å²) < 4.78 is 37.6. The molecule has 2 aliphatic rings. The van der Waals surface area contributed by atoms with E-state index in [-0.39, 0.29) is 11.6 Å². The molecule has 0 unspecified atom stereocenters. The summed E-state index contributed by atoms with van der Waals surface area (Å²) in [6.07, 6.45) is 8.41. The molecule has 1 aliphatic heterocycles. The van der Waals surface area contributed by atoms with Gasteiger partial charge >= 0.3 is 0 Å². The Morgan fingerprint density at radius 1 is 1.15 bits per heavy atom. The van der Waals surface area contributed by atoms with Crippen LogP contribution < -0.4 is 14.8 Å². The molecule has 0 radical (unpaired) electrons. The highest BCUT2D eigenvalue weighted by Crippen LogP contribution is 2.39. The highest BCUT2D eigenvalue weighted by atomic mass is 32.2. The summed E-state index contributed by atoms with van der Waals surface area (Å²) in [6.45, 7) is 3.49. The topological polar surface area (TPSA) is 115 Å². The molecule has 1 saturated carbocycles. The average Bonchev–Trinajstić information content (AvgIpc) is 3.50. The first-order chi connectivity index (χ1) is 15.8. The van der Waals surface area contributed by atoms with Crippen LogP contribution in [0.5, 0.6) is 5.88 Å². The van der Waals surface area contributed by atoms with Crippen molar-refractivity contribution in [1.29, 1.82) is 0 Å². The van der Waals surface area contributed by atoms with Gasteiger partial charge in [-0.3, -0.25) is 4.72 Å². The van der Waals surface area contributed by atoms with Gasteiger partial charge in [0, 0.05) is 42.0 Å². The van der Waals surface area contributed by atoms with Crippen LogP contribution in [0, 0.1) is 0 Å². The largest absolute Gasteiger partial charge is 0.474 e. The molecular weight excluding hydrogens is 442 g/mol. The van der Waals surface area contributed by atoms with Crippen LogP contribution in [0.4, 0.5) is 11.6 Å². The summed E-state index contributed by atoms with van der Waals surface area (Å²) in [4.78, 5) is 14.0. The lowest BCUT2D eigenvalue weighted by Crippen LogP contribution is -2.26. The van der Waals surface area contributed by atoms with E-state index in [4.69, 9.17) is 14.5 Å². The molecule has 2 aromatic heterocycles. The standard InChI is InChI=1S/C23H27N5O4S/c1-23(8-9-23)27-22-25-14-19-20(26-22)18(13-24-21(19)32-17-6-10-31-11-7-17)15-4-3-5-16(12-15)28-33(2,29)30/h3-5,12-14,17,28H,6-11H2,1-2H3,(H,25,26,27). The van der Waals surface area contributed by atoms with E-state index in [9.17, 15) is 8.42 Å². The number of nitrogens with one attached hydrogen (secondary N) is 2. The monoisotopic (exact) mass is 469 g/mol. The van der Waals surface area contributed by atoms with Crippen molar-refractivity contribution in [3.63, 3.8) is 0 Å². The van der Waals surface area contributed by atoms with Gasteiger partial charge in [0.1, 0.15) is 6.10 Å². The van der Waals surface area contributed by atoms with E-state index >= 15 is 0 Å². The number of rotatable bonds is 7. The third kappa shape index (κ3) is 5.17. The second kappa shape index (κ2) is 8.42. The number of ether oxygens (including phenoxy) is 2. The van der Waals surface area contributed by atoms with Gasteiger partial charge in [0.25, 0.3) is 0 Å². The quantitative estimate of drug-likeness (QED) is 0.539. The molecule has 3 aromatic rings. The van der Waals surface area contributed by atoms with Gasteiger partial charge in [-0.1, -0.05) is 12.1 Å². The number of hydrogen-bond donors (Lipinski definition) is 2. The number of aromatic nitrogens is 3. The first-order valence-electron chi connectivity index (χ1n) is 11.0. The molecule has 3 heterocycles. The summed E-state index contributed by atoms with van der Waals surface area (Å²) >= 11 is 0. The maximum Gasteiger partial charge on any atom is 0.229 e. The predicted octanol–water partition coefficient (Wildman–Crippen LogP) is 3.59. The number of hydrogen-bond acceptors (Lipinski definition) is 8. The third-order valence-corrected chi connectivity index (χ3v) is 6.53. The molecular formula is C23H27N5O4S. The van der Waals surface area contributed by atoms with Crippen molar-refractivity contribution in [3.05, 3.63) is 36.7 Å². The lowest BCUT2D eigenvalue weighted by molar-refractivity contribution is 0.0244. The third-order valence-electron chi connectivity index (χ3n) is 5.92. The van der Waals surface area contributed by atoms with E-state index in [1.54, 1.807) is 30.6 Å². The summed E-state index contributed by atoms with van der Waals surface area (Å²) in [5.41, 5.74) is 2.77. The molecule has 0 spiro atoms. The molecule has 0 atom stereocenters. The summed E-state index contributed by atoms with van der Waals surface area (Å²) in [5.74, 6) is 1.05. The Kier molecular flexibility index (Phi) is 5.57. The van der Waals surface area contributed by atoms with Crippen LogP contribution in [-0.2, 0) is 14.8 Å². The molecule has 1 aliphatic carbocycles. The number of pyridine rings is 1. The highest BCUT2D eigenvalue weighted by molar-refractivity contribution is 7.92. The van der Waals surface area contributed by atoms with Gasteiger partial charge in [-0.05, 0) is 37.5 Å². The molecule has 5 rings (SSSR count). The molecule has 0 amide bonds. The Labute approximate surface area is 193 Å². The first kappa shape index (κ1) is 21.8. The highest BCUT2D eigenvalue weighted by Gasteiger charge is 2.38. The van der Waals surface area contributed by atoms with Gasteiger partial charge in [-0.15, -0.1) is 0 Å². The maximum atomic E-state index is 11.7. The fourth-order valence-electron chi connectivity index (χ4n) is 3.86. The van der Waals surface area contributed by atoms with E-state index in [0.717, 1.165) is 43.1 Å². The van der Waals surface area contributed by atoms with E-state index in [0.29, 0.717) is 41.6 Å². The van der Waals surface area contributed by atoms with Gasteiger partial charge in [-0.2, -0.15) is 0 Å². The number of fused-ring (bicyclic) bond motifs is 1. The minimum absolute atomic E-state index is 0.0294. The zero-order valence-electron chi connectivity index (χ0n) is 18.7. The van der Waals surface area contributed by atoms with Crippen molar-refractivity contribution in [1.82, 2.24) is 15.0 Å². The molecule has 9 nitrogen and oxygen atoms in total. The predicted molar refractivity (Wildman–Crippen MR) is 127 cm³/mol. The lowest BCUT2D eigenvalue weighted by Gasteiger charge is -2.23. The van der Waals surface area contributed by atoms with E-state index in [2.05, 4.69) is 26.9 Å². The van der Waals surface area contributed by atoms with Crippen molar-refractivity contribution >= 4 is 32.6 Å². The second-order valence-electron chi connectivity index (χ2n) is 9.00. The molecule has 0 bridgehead atoms. The van der Waals surface area contributed by atoms with Gasteiger partial charge in [0.05, 0.1) is 30.4 Å². The molecule has 1 saturated heterocycles. The molecule has 10 heteroatoms. The van der Waals surface area contributed by atoms with Crippen LogP contribution in [0.15, 0.2) is 36.7 Å². The van der Waals surface area contributed by atoms with Gasteiger partial charge < -0.3 is 14.8 Å². The fourth-order valence-corrected chi connectivity index (χ4v) is 4.42. The zero-order chi connectivity index (χ0) is 23.1. The minimum Gasteiger partial charge on any atom is -0.474 e. The van der Waals surface area contributed by atoms with Crippen LogP contribution in [0.3, 0.4) is 0 Å². The van der Waals surface area contributed by atoms with Crippen LogP contribution in [-0.4, -0.2) is 54.5 Å². The van der Waals surface area contributed by atoms with Gasteiger partial charge in [-0.25, -0.2) is 23.4 Å². The van der Waals surface area contributed by atoms with Crippen molar-refractivity contribution < 1.29 is 17.9 Å². The van der Waals surface area contributed by atoms with E-state index in [1.807, 2.05) is 6.07 Å². The Hall–Kier alpha value is -2.98. The van der Waals surface area contributed by atoms with Crippen molar-refractivity contribution in [2.24, 2.45) is 0 Å². The van der Waals surface area contributed by atoms with Crippen LogP contribution in [0.1, 0.15) is 32.6 Å². The summed E-state index contributed by atoms with van der Waals surface area (Å²) in [6, 6.07) is 7.18. The zero-order valence-corrected chi connectivity index (χ0v) is 19.5. The Bertz CT molecular complexity index is 1290. The van der Waals surface area contributed by atoms with Crippen LogP contribution in [0.2, 0.25) is 0 Å². The average molecular weight is 470 g/mol. The van der Waals surface area contributed by atoms with Crippen LogP contribution >= 0.6 is 0 Å². The Morgan fingerprint density at radius 3 is 2.67 bits per heavy atom. The van der Waals surface area contributed by atoms with Crippen molar-refractivity contribution in [2.75, 3.05) is 29.5 Å². The smallest absolute Gasteiger partial charge is 0.229 e. The first-order valence-corrected chi connectivity index (χ1v) is 12.9. The van der Waals surface area contributed by atoms with Crippen LogP contribution in [0.25, 0.3) is 22.0 Å². The van der Waals surface area contributed by atoms with Crippen molar-refractivity contribution in [3.8, 4) is 17.0 Å². The molecule has 2 N–H and O–H groups in total. The van der Waals surface area contributed by atoms with Gasteiger partial charge in [0.15, 0.2) is 0 Å². The normalized spacial score (nSPS) is 18.1. The molecule has 33 heavy (non-hydrogen) atoms. The molecule has 174 valence electrons. The maximum absolute atomic E-state index is 11.7. The molecule has 1 aromatic carbocycles. The SMILES string of the molecule is CC1(Nc2ncc3c(OC4CCOCC4)ncc(-c4cccc(NS(C)(=O)=O)c4)c3n2)CC1. The van der Waals surface area contributed by atoms with E-state index < -0.39 is 10.0 Å².